The molecule has 7 heteroatoms. The van der Waals surface area contributed by atoms with E-state index in [9.17, 15) is 9.59 Å². The van der Waals surface area contributed by atoms with Crippen molar-refractivity contribution < 1.29 is 28.5 Å². The van der Waals surface area contributed by atoms with E-state index in [-0.39, 0.29) is 17.8 Å². The number of carbonyl (C=O) groups excluding carboxylic acids is 2. The number of para-hydroxylation sites is 1. The second-order valence-electron chi connectivity index (χ2n) is 10.9. The Morgan fingerprint density at radius 2 is 1.62 bits per heavy atom. The number of benzene rings is 3. The molecule has 1 heterocycles. The largest absolute Gasteiger partial charge is 0.493 e. The molecule has 1 aliphatic carbocycles. The van der Waals surface area contributed by atoms with Gasteiger partial charge < -0.3 is 24.3 Å². The highest BCUT2D eigenvalue weighted by atomic mass is 16.5. The Hall–Kier alpha value is -4.52. The highest BCUT2D eigenvalue weighted by molar-refractivity contribution is 6.04. The van der Waals surface area contributed by atoms with Gasteiger partial charge in [0.2, 0.25) is 0 Å². The molecular formula is C35H37NO6. The molecule has 42 heavy (non-hydrogen) atoms. The molecular weight excluding hydrogens is 530 g/mol. The predicted molar refractivity (Wildman–Crippen MR) is 161 cm³/mol. The van der Waals surface area contributed by atoms with E-state index < -0.39 is 11.9 Å². The van der Waals surface area contributed by atoms with Gasteiger partial charge in [0.05, 0.1) is 31.8 Å². The average molecular weight is 568 g/mol. The zero-order chi connectivity index (χ0) is 29.8. The minimum atomic E-state index is -0.627. The topological polar surface area (TPSA) is 83.1 Å². The summed E-state index contributed by atoms with van der Waals surface area (Å²) in [6, 6.07) is 23.3. The lowest BCUT2D eigenvalue weighted by Crippen LogP contribution is -2.36. The molecule has 2 aliphatic rings. The highest BCUT2D eigenvalue weighted by Crippen LogP contribution is 2.48. The first-order chi connectivity index (χ1) is 20.3. The fraction of sp³-hybridized carbons (Fsp3) is 0.314. The van der Waals surface area contributed by atoms with Crippen LogP contribution >= 0.6 is 0 Å². The van der Waals surface area contributed by atoms with Crippen molar-refractivity contribution in [1.29, 1.82) is 0 Å². The zero-order valence-electron chi connectivity index (χ0n) is 24.7. The van der Waals surface area contributed by atoms with Gasteiger partial charge in [0.15, 0.2) is 17.3 Å². The minimum absolute atomic E-state index is 0.0197. The molecule has 0 amide bonds. The van der Waals surface area contributed by atoms with Crippen LogP contribution in [0, 0.1) is 0 Å². The first kappa shape index (κ1) is 29.0. The average Bonchev–Trinajstić information content (AvgIpc) is 2.99. The fourth-order valence-electron chi connectivity index (χ4n) is 5.83. The van der Waals surface area contributed by atoms with Gasteiger partial charge in [-0.05, 0) is 62.4 Å². The van der Waals surface area contributed by atoms with Gasteiger partial charge in [0.1, 0.15) is 12.4 Å². The number of nitrogens with one attached hydrogen (secondary N) is 1. The summed E-state index contributed by atoms with van der Waals surface area (Å²) in [5, 5.41) is 3.42. The van der Waals surface area contributed by atoms with Crippen LogP contribution in [-0.2, 0) is 20.9 Å². The van der Waals surface area contributed by atoms with E-state index >= 15 is 0 Å². The molecule has 0 saturated heterocycles. The van der Waals surface area contributed by atoms with Crippen molar-refractivity contribution in [2.75, 3.05) is 14.2 Å². The number of hydrogen-bond acceptors (Lipinski definition) is 7. The normalized spacial score (nSPS) is 18.4. The lowest BCUT2D eigenvalue weighted by Gasteiger charge is -2.37. The number of carbonyl (C=O) groups is 2. The number of allylic oxidation sites excluding steroid dienone is 3. The summed E-state index contributed by atoms with van der Waals surface area (Å²) in [7, 11) is 3.20. The maximum absolute atomic E-state index is 14.1. The van der Waals surface area contributed by atoms with Crippen LogP contribution in [0.5, 0.6) is 17.2 Å². The Kier molecular flexibility index (Phi) is 8.67. The first-order valence-corrected chi connectivity index (χ1v) is 14.2. The number of rotatable bonds is 9. The number of ketones is 1. The van der Waals surface area contributed by atoms with Crippen molar-refractivity contribution in [1.82, 2.24) is 5.32 Å². The lowest BCUT2D eigenvalue weighted by atomic mass is 9.71. The molecule has 0 radical (unpaired) electrons. The van der Waals surface area contributed by atoms with Gasteiger partial charge in [0.25, 0.3) is 0 Å². The molecule has 218 valence electrons. The predicted octanol–water partition coefficient (Wildman–Crippen LogP) is 6.60. The van der Waals surface area contributed by atoms with Crippen molar-refractivity contribution in [3.8, 4) is 17.2 Å². The van der Waals surface area contributed by atoms with Gasteiger partial charge in [-0.3, -0.25) is 4.79 Å². The molecule has 1 N–H and O–H groups in total. The summed E-state index contributed by atoms with van der Waals surface area (Å²) >= 11 is 0. The van der Waals surface area contributed by atoms with E-state index in [0.29, 0.717) is 53.5 Å². The second-order valence-corrected chi connectivity index (χ2v) is 10.9. The Bertz CT molecular complexity index is 1540. The number of ether oxygens (including phenoxy) is 4. The van der Waals surface area contributed by atoms with E-state index in [1.807, 2.05) is 93.6 Å². The first-order valence-electron chi connectivity index (χ1n) is 14.2. The molecule has 7 nitrogen and oxygen atoms in total. The smallest absolute Gasteiger partial charge is 0.337 e. The molecule has 0 unspecified atom stereocenters. The van der Waals surface area contributed by atoms with Gasteiger partial charge in [-0.15, -0.1) is 0 Å². The molecule has 3 aromatic rings. The summed E-state index contributed by atoms with van der Waals surface area (Å²) in [6.07, 6.45) is 0.588. The van der Waals surface area contributed by atoms with Gasteiger partial charge in [-0.2, -0.15) is 0 Å². The third-order valence-electron chi connectivity index (χ3n) is 7.74. The van der Waals surface area contributed by atoms with Crippen LogP contribution < -0.4 is 19.5 Å². The summed E-state index contributed by atoms with van der Waals surface area (Å²) in [6.45, 7) is 5.87. The number of Topliss-reactive ketones (excluding diaryl/α,β-unsaturated/α-hetero) is 1. The van der Waals surface area contributed by atoms with Crippen LogP contribution in [-0.4, -0.2) is 32.1 Å². The van der Waals surface area contributed by atoms with Gasteiger partial charge in [0, 0.05) is 29.0 Å². The molecule has 3 aromatic carbocycles. The number of dihydropyridines is 1. The van der Waals surface area contributed by atoms with Crippen LogP contribution in [0.4, 0.5) is 0 Å². The van der Waals surface area contributed by atoms with E-state index in [1.54, 1.807) is 14.2 Å². The van der Waals surface area contributed by atoms with Crippen LogP contribution in [0.15, 0.2) is 95.3 Å². The Labute approximate surface area is 247 Å². The van der Waals surface area contributed by atoms with E-state index in [1.165, 1.54) is 0 Å². The van der Waals surface area contributed by atoms with Crippen LogP contribution in [0.25, 0.3) is 0 Å². The van der Waals surface area contributed by atoms with Crippen molar-refractivity contribution in [3.05, 3.63) is 112 Å². The van der Waals surface area contributed by atoms with Crippen molar-refractivity contribution in [3.63, 3.8) is 0 Å². The summed E-state index contributed by atoms with van der Waals surface area (Å²) in [5.41, 5.74) is 5.27. The zero-order valence-corrected chi connectivity index (χ0v) is 24.7. The molecule has 1 aliphatic heterocycles. The van der Waals surface area contributed by atoms with Crippen LogP contribution in [0.1, 0.15) is 62.1 Å². The van der Waals surface area contributed by atoms with Crippen molar-refractivity contribution in [2.45, 2.75) is 58.2 Å². The summed E-state index contributed by atoms with van der Waals surface area (Å²) in [4.78, 5) is 27.7. The third kappa shape index (κ3) is 5.91. The molecule has 0 aromatic heterocycles. The molecule has 0 spiro atoms. The SMILES string of the molecule is COc1ccc([C@H]2CC(=O)C3=C(C2)NC(C)=C(C(=O)OC(C)C)[C@@H]3c2ccccc2OCc2ccccc2)cc1OC. The molecule has 5 rings (SSSR count). The Balaban J connectivity index is 1.56. The minimum Gasteiger partial charge on any atom is -0.493 e. The second kappa shape index (κ2) is 12.6. The maximum Gasteiger partial charge on any atom is 0.337 e. The highest BCUT2D eigenvalue weighted by Gasteiger charge is 2.42. The number of hydrogen-bond donors (Lipinski definition) is 1. The summed E-state index contributed by atoms with van der Waals surface area (Å²) in [5.74, 6) is 0.726. The molecule has 0 saturated carbocycles. The molecule has 0 fully saturated rings. The third-order valence-corrected chi connectivity index (χ3v) is 7.74. The standard InChI is InChI=1S/C35H37NO6/c1-21(2)42-35(38)32-22(3)36-27-17-25(24-15-16-30(39-4)31(19-24)40-5)18-28(37)34(27)33(32)26-13-9-10-14-29(26)41-20-23-11-7-6-8-12-23/h6-16,19,21,25,33,36H,17-18,20H2,1-5H3/t25-,33+/m1/s1. The van der Waals surface area contributed by atoms with E-state index in [0.717, 1.165) is 22.4 Å². The number of esters is 1. The molecule has 2 atom stereocenters. The van der Waals surface area contributed by atoms with Gasteiger partial charge >= 0.3 is 5.97 Å². The molecule has 0 bridgehead atoms. The monoisotopic (exact) mass is 567 g/mol. The Morgan fingerprint density at radius 1 is 0.905 bits per heavy atom. The number of methoxy groups -OCH3 is 2. The van der Waals surface area contributed by atoms with Crippen LogP contribution in [0.3, 0.4) is 0 Å². The van der Waals surface area contributed by atoms with E-state index in [2.05, 4.69) is 5.32 Å². The van der Waals surface area contributed by atoms with Crippen molar-refractivity contribution >= 4 is 11.8 Å². The van der Waals surface area contributed by atoms with Crippen LogP contribution in [0.2, 0.25) is 0 Å². The quantitative estimate of drug-likeness (QED) is 0.292. The summed E-state index contributed by atoms with van der Waals surface area (Å²) < 4.78 is 22.9. The Morgan fingerprint density at radius 3 is 2.33 bits per heavy atom. The lowest BCUT2D eigenvalue weighted by molar-refractivity contribution is -0.143. The maximum atomic E-state index is 14.1. The van der Waals surface area contributed by atoms with Gasteiger partial charge in [-0.1, -0.05) is 54.6 Å². The van der Waals surface area contributed by atoms with Gasteiger partial charge in [-0.25, -0.2) is 4.79 Å². The van der Waals surface area contributed by atoms with Crippen molar-refractivity contribution in [2.24, 2.45) is 0 Å². The van der Waals surface area contributed by atoms with E-state index in [4.69, 9.17) is 18.9 Å². The fourth-order valence-corrected chi connectivity index (χ4v) is 5.83.